The fraction of sp³-hybridized carbons (Fsp3) is 0.250. The van der Waals surface area contributed by atoms with Gasteiger partial charge in [-0.2, -0.15) is 0 Å². The zero-order chi connectivity index (χ0) is 27.5. The molecule has 0 fully saturated rings. The summed E-state index contributed by atoms with van der Waals surface area (Å²) >= 11 is 0. The molecule has 4 aromatic rings. The summed E-state index contributed by atoms with van der Waals surface area (Å²) in [6.45, 7) is 3.11. The Kier molecular flexibility index (Phi) is 7.25. The monoisotopic (exact) mass is 538 g/mol. The van der Waals surface area contributed by atoms with E-state index in [0.29, 0.717) is 31.3 Å². The molecule has 0 bridgehead atoms. The summed E-state index contributed by atoms with van der Waals surface area (Å²) in [6.07, 6.45) is 4.21. The molecular weight excluding hydrogens is 508 g/mol. The smallest absolute Gasteiger partial charge is 0.332 e. The first-order valence-electron chi connectivity index (χ1n) is 13.4. The number of benzene rings is 3. The molecule has 0 radical (unpaired) electrons. The lowest BCUT2D eigenvalue weighted by Gasteiger charge is -2.35. The Balaban J connectivity index is 1.22. The Bertz CT molecular complexity index is 1570. The van der Waals surface area contributed by atoms with E-state index in [1.165, 1.54) is 10.9 Å². The van der Waals surface area contributed by atoms with E-state index in [1.54, 1.807) is 13.0 Å². The molecule has 0 saturated heterocycles. The molecule has 204 valence electrons. The van der Waals surface area contributed by atoms with E-state index < -0.39 is 0 Å². The number of para-hydroxylation sites is 1. The zero-order valence-corrected chi connectivity index (χ0v) is 22.2. The minimum absolute atomic E-state index is 0.0752. The highest BCUT2D eigenvalue weighted by molar-refractivity contribution is 5.93. The summed E-state index contributed by atoms with van der Waals surface area (Å²) in [5.74, 6) is 0.949. The van der Waals surface area contributed by atoms with Crippen LogP contribution in [0.25, 0.3) is 17.0 Å². The van der Waals surface area contributed by atoms with Crippen molar-refractivity contribution in [1.82, 2.24) is 9.88 Å². The van der Waals surface area contributed by atoms with E-state index in [4.69, 9.17) is 18.9 Å². The van der Waals surface area contributed by atoms with Gasteiger partial charge >= 0.3 is 5.97 Å². The van der Waals surface area contributed by atoms with E-state index in [1.807, 2.05) is 65.6 Å². The number of hydrogen-bond acceptors (Lipinski definition) is 6. The molecular formula is C32H30N2O6. The Labute approximate surface area is 232 Å². The number of esters is 1. The van der Waals surface area contributed by atoms with E-state index >= 15 is 0 Å². The SMILES string of the molecule is CCOC(=O)COCc1ccc(/C=C/C(=O)N2CCc3c([nH]c4ccccc34)C2c2ccc3c(c2)OCO3)cc1. The lowest BCUT2D eigenvalue weighted by molar-refractivity contribution is -0.148. The van der Waals surface area contributed by atoms with Crippen molar-refractivity contribution >= 4 is 28.9 Å². The van der Waals surface area contributed by atoms with Crippen LogP contribution in [0.15, 0.2) is 72.8 Å². The third kappa shape index (κ3) is 5.18. The summed E-state index contributed by atoms with van der Waals surface area (Å²) < 4.78 is 21.5. The Morgan fingerprint density at radius 3 is 2.73 bits per heavy atom. The van der Waals surface area contributed by atoms with Crippen LogP contribution in [0.4, 0.5) is 0 Å². The highest BCUT2D eigenvalue weighted by atomic mass is 16.7. The van der Waals surface area contributed by atoms with Gasteiger partial charge in [0.2, 0.25) is 12.7 Å². The predicted octanol–water partition coefficient (Wildman–Crippen LogP) is 5.16. The maximum atomic E-state index is 13.6. The third-order valence-electron chi connectivity index (χ3n) is 7.22. The molecule has 0 saturated carbocycles. The average molecular weight is 539 g/mol. The summed E-state index contributed by atoms with van der Waals surface area (Å²) in [7, 11) is 0. The number of H-pyrrole nitrogens is 1. The van der Waals surface area contributed by atoms with Crippen molar-refractivity contribution in [3.05, 3.63) is 101 Å². The summed E-state index contributed by atoms with van der Waals surface area (Å²) in [6, 6.07) is 21.5. The van der Waals surface area contributed by atoms with Gasteiger partial charge in [-0.25, -0.2) is 4.79 Å². The second-order valence-corrected chi connectivity index (χ2v) is 9.73. The standard InChI is InChI=1S/C32H30N2O6/c1-2-38-30(36)19-37-18-22-9-7-21(8-10-22)11-14-29(35)34-16-15-25-24-5-3-4-6-26(24)33-31(25)32(34)23-12-13-27-28(17-23)40-20-39-27/h3-14,17,32-33H,2,15-16,18-20H2,1H3/b14-11+. The van der Waals surface area contributed by atoms with Gasteiger partial charge in [0, 0.05) is 29.2 Å². The van der Waals surface area contributed by atoms with Crippen LogP contribution in [0.2, 0.25) is 0 Å². The number of aromatic nitrogens is 1. The van der Waals surface area contributed by atoms with Crippen molar-refractivity contribution in [2.24, 2.45) is 0 Å². The quantitative estimate of drug-likeness (QED) is 0.246. The van der Waals surface area contributed by atoms with Crippen LogP contribution in [0.1, 0.15) is 40.9 Å². The topological polar surface area (TPSA) is 90.1 Å². The second kappa shape index (κ2) is 11.3. The number of aromatic amines is 1. The van der Waals surface area contributed by atoms with Gasteiger partial charge in [-0.15, -0.1) is 0 Å². The number of rotatable bonds is 8. The molecule has 0 spiro atoms. The maximum absolute atomic E-state index is 13.6. The van der Waals surface area contributed by atoms with Gasteiger partial charge in [-0.1, -0.05) is 48.5 Å². The van der Waals surface area contributed by atoms with E-state index in [-0.39, 0.29) is 31.3 Å². The molecule has 1 atom stereocenters. The van der Waals surface area contributed by atoms with Crippen molar-refractivity contribution < 1.29 is 28.5 Å². The van der Waals surface area contributed by atoms with Gasteiger partial charge in [-0.3, -0.25) is 4.79 Å². The van der Waals surface area contributed by atoms with Crippen LogP contribution in [-0.2, 0) is 32.1 Å². The van der Waals surface area contributed by atoms with Gasteiger partial charge < -0.3 is 28.8 Å². The number of nitrogens with zero attached hydrogens (tertiary/aromatic N) is 1. The average Bonchev–Trinajstić information content (AvgIpc) is 3.60. The number of nitrogens with one attached hydrogen (secondary N) is 1. The van der Waals surface area contributed by atoms with Crippen molar-refractivity contribution in [3.63, 3.8) is 0 Å². The van der Waals surface area contributed by atoms with E-state index in [2.05, 4.69) is 17.1 Å². The molecule has 3 aromatic carbocycles. The zero-order valence-electron chi connectivity index (χ0n) is 22.2. The molecule has 1 N–H and O–H groups in total. The van der Waals surface area contributed by atoms with Gasteiger partial charge in [0.1, 0.15) is 6.61 Å². The molecule has 2 aliphatic rings. The molecule has 1 unspecified atom stereocenters. The normalized spacial score (nSPS) is 15.9. The van der Waals surface area contributed by atoms with Gasteiger partial charge in [0.25, 0.3) is 0 Å². The summed E-state index contributed by atoms with van der Waals surface area (Å²) in [5, 5.41) is 1.19. The lowest BCUT2D eigenvalue weighted by atomic mass is 9.92. The number of fused-ring (bicyclic) bond motifs is 4. The molecule has 8 heteroatoms. The van der Waals surface area contributed by atoms with E-state index in [9.17, 15) is 9.59 Å². The molecule has 8 nitrogen and oxygen atoms in total. The number of ether oxygens (including phenoxy) is 4. The van der Waals surface area contributed by atoms with E-state index in [0.717, 1.165) is 34.3 Å². The summed E-state index contributed by atoms with van der Waals surface area (Å²) in [5.41, 5.74) is 6.12. The minimum Gasteiger partial charge on any atom is -0.464 e. The summed E-state index contributed by atoms with van der Waals surface area (Å²) in [4.78, 5) is 30.6. The minimum atomic E-state index is -0.378. The van der Waals surface area contributed by atoms with Crippen molar-refractivity contribution in [2.75, 3.05) is 26.6 Å². The molecule has 0 aliphatic carbocycles. The van der Waals surface area contributed by atoms with Crippen molar-refractivity contribution in [3.8, 4) is 11.5 Å². The van der Waals surface area contributed by atoms with Crippen LogP contribution >= 0.6 is 0 Å². The number of carbonyl (C=O) groups is 2. The highest BCUT2D eigenvalue weighted by Crippen LogP contribution is 2.42. The van der Waals surface area contributed by atoms with Gasteiger partial charge in [0.15, 0.2) is 11.5 Å². The largest absolute Gasteiger partial charge is 0.464 e. The predicted molar refractivity (Wildman–Crippen MR) is 150 cm³/mol. The first kappa shape index (κ1) is 25.7. The van der Waals surface area contributed by atoms with Crippen LogP contribution in [-0.4, -0.2) is 48.3 Å². The molecule has 1 aromatic heterocycles. The van der Waals surface area contributed by atoms with Gasteiger partial charge in [0.05, 0.1) is 19.3 Å². The maximum Gasteiger partial charge on any atom is 0.332 e. The fourth-order valence-corrected chi connectivity index (χ4v) is 5.35. The Morgan fingerprint density at radius 2 is 1.88 bits per heavy atom. The molecule has 6 rings (SSSR count). The third-order valence-corrected chi connectivity index (χ3v) is 7.22. The first-order valence-corrected chi connectivity index (χ1v) is 13.4. The lowest BCUT2D eigenvalue weighted by Crippen LogP contribution is -2.39. The van der Waals surface area contributed by atoms with Crippen molar-refractivity contribution in [2.45, 2.75) is 26.0 Å². The van der Waals surface area contributed by atoms with Gasteiger partial charge in [-0.05, 0) is 59.9 Å². The Morgan fingerprint density at radius 1 is 1.05 bits per heavy atom. The highest BCUT2D eigenvalue weighted by Gasteiger charge is 2.34. The molecule has 2 aliphatic heterocycles. The van der Waals surface area contributed by atoms with Crippen LogP contribution < -0.4 is 9.47 Å². The number of hydrogen-bond donors (Lipinski definition) is 1. The Hall–Kier alpha value is -4.56. The molecule has 3 heterocycles. The molecule has 1 amide bonds. The first-order chi connectivity index (χ1) is 19.6. The molecule has 40 heavy (non-hydrogen) atoms. The second-order valence-electron chi connectivity index (χ2n) is 9.73. The van der Waals surface area contributed by atoms with Crippen molar-refractivity contribution in [1.29, 1.82) is 0 Å². The number of carbonyl (C=O) groups excluding carboxylic acids is 2. The fourth-order valence-electron chi connectivity index (χ4n) is 5.35. The van der Waals surface area contributed by atoms with Crippen LogP contribution in [0.3, 0.4) is 0 Å². The van der Waals surface area contributed by atoms with Crippen LogP contribution in [0, 0.1) is 0 Å². The van der Waals surface area contributed by atoms with Crippen LogP contribution in [0.5, 0.6) is 11.5 Å². The number of amides is 1.